The number of ether oxygens (including phenoxy) is 2. The Morgan fingerprint density at radius 2 is 2.00 bits per heavy atom. The number of ketones is 1. The van der Waals surface area contributed by atoms with E-state index in [0.717, 1.165) is 0 Å². The normalized spacial score (nSPS) is 11.3. The van der Waals surface area contributed by atoms with Crippen LogP contribution in [0.5, 0.6) is 0 Å². The molecule has 0 aromatic rings. The van der Waals surface area contributed by atoms with Gasteiger partial charge in [0.2, 0.25) is 0 Å². The van der Waals surface area contributed by atoms with Crippen LogP contribution in [-0.4, -0.2) is 38.1 Å². The number of halogens is 2. The molecule has 0 aliphatic heterocycles. The van der Waals surface area contributed by atoms with Crippen molar-refractivity contribution in [3.05, 3.63) is 0 Å². The molecule has 0 saturated carbocycles. The molecule has 0 N–H and O–H groups in total. The minimum absolute atomic E-state index is 0.000863. The zero-order valence-electron chi connectivity index (χ0n) is 8.46. The molecule has 0 radical (unpaired) electrons. The van der Waals surface area contributed by atoms with Crippen LogP contribution in [0.25, 0.3) is 0 Å². The van der Waals surface area contributed by atoms with E-state index in [0.29, 0.717) is 0 Å². The van der Waals surface area contributed by atoms with E-state index in [9.17, 15) is 13.6 Å². The summed E-state index contributed by atoms with van der Waals surface area (Å²) in [6.07, 6.45) is -2.35. The molecule has 0 spiro atoms. The van der Waals surface area contributed by atoms with Crippen LogP contribution in [0.3, 0.4) is 0 Å². The summed E-state index contributed by atoms with van der Waals surface area (Å²) in [5, 5.41) is 0. The number of carbonyl (C=O) groups excluding carboxylic acids is 1. The predicted molar refractivity (Wildman–Crippen MR) is 47.5 cm³/mol. The van der Waals surface area contributed by atoms with Gasteiger partial charge in [0.25, 0.3) is 6.43 Å². The van der Waals surface area contributed by atoms with E-state index in [4.69, 9.17) is 4.74 Å². The van der Waals surface area contributed by atoms with Gasteiger partial charge >= 0.3 is 0 Å². The van der Waals surface area contributed by atoms with Crippen LogP contribution < -0.4 is 0 Å². The fourth-order valence-electron chi connectivity index (χ4n) is 0.690. The first-order valence-electron chi connectivity index (χ1n) is 4.51. The smallest absolute Gasteiger partial charge is 0.261 e. The molecule has 84 valence electrons. The number of alkyl halides is 2. The lowest BCUT2D eigenvalue weighted by Gasteiger charge is -2.06. The molecule has 0 aromatic heterocycles. The molecule has 0 bridgehead atoms. The van der Waals surface area contributed by atoms with E-state index >= 15 is 0 Å². The van der Waals surface area contributed by atoms with Gasteiger partial charge in [0.05, 0.1) is 12.7 Å². The van der Waals surface area contributed by atoms with Gasteiger partial charge in [0.1, 0.15) is 13.2 Å². The van der Waals surface area contributed by atoms with Gasteiger partial charge in [-0.15, -0.1) is 0 Å². The molecule has 14 heavy (non-hydrogen) atoms. The molecule has 0 aliphatic carbocycles. The number of rotatable bonds is 8. The Morgan fingerprint density at radius 3 is 2.50 bits per heavy atom. The van der Waals surface area contributed by atoms with Crippen molar-refractivity contribution >= 4 is 5.78 Å². The molecule has 5 heteroatoms. The molecule has 0 rings (SSSR count). The predicted octanol–water partition coefficient (Wildman–Crippen LogP) is 1.65. The highest BCUT2D eigenvalue weighted by Crippen LogP contribution is 1.95. The lowest BCUT2D eigenvalue weighted by molar-refractivity contribution is -0.126. The summed E-state index contributed by atoms with van der Waals surface area (Å²) in [7, 11) is 0. The Labute approximate surface area is 82.4 Å². The lowest BCUT2D eigenvalue weighted by Crippen LogP contribution is -2.16. The zero-order valence-corrected chi connectivity index (χ0v) is 8.46. The summed E-state index contributed by atoms with van der Waals surface area (Å²) in [6.45, 7) is 3.08. The highest BCUT2D eigenvalue weighted by Gasteiger charge is 2.05. The van der Waals surface area contributed by atoms with Crippen molar-refractivity contribution in [2.75, 3.05) is 19.8 Å². The van der Waals surface area contributed by atoms with E-state index in [2.05, 4.69) is 4.74 Å². The number of hydrogen-bond acceptors (Lipinski definition) is 3. The largest absolute Gasteiger partial charge is 0.375 e. The zero-order chi connectivity index (χ0) is 11.0. The highest BCUT2D eigenvalue weighted by molar-refractivity contribution is 5.79. The molecule has 0 unspecified atom stereocenters. The summed E-state index contributed by atoms with van der Waals surface area (Å²) in [5.74, 6) is -0.132. The van der Waals surface area contributed by atoms with Crippen LogP contribution >= 0.6 is 0 Å². The first-order chi connectivity index (χ1) is 6.52. The maximum atomic E-state index is 11.6. The second-order valence-electron chi connectivity index (χ2n) is 3.11. The van der Waals surface area contributed by atoms with E-state index < -0.39 is 13.0 Å². The second-order valence-corrected chi connectivity index (χ2v) is 3.11. The van der Waals surface area contributed by atoms with Crippen molar-refractivity contribution in [3.8, 4) is 0 Å². The van der Waals surface area contributed by atoms with Crippen molar-refractivity contribution < 1.29 is 23.0 Å². The van der Waals surface area contributed by atoms with E-state index in [1.807, 2.05) is 13.8 Å². The summed E-state index contributed by atoms with van der Waals surface area (Å²) in [5.41, 5.74) is 0. The number of hydrogen-bond donors (Lipinski definition) is 0. The fourth-order valence-corrected chi connectivity index (χ4v) is 0.690. The van der Waals surface area contributed by atoms with Gasteiger partial charge in [-0.2, -0.15) is 0 Å². The molecule has 0 heterocycles. The Balaban J connectivity index is 3.27. The molecular formula is C9H16F2O3. The van der Waals surface area contributed by atoms with Gasteiger partial charge in [0.15, 0.2) is 5.78 Å². The van der Waals surface area contributed by atoms with Crippen molar-refractivity contribution in [3.63, 3.8) is 0 Å². The molecule has 0 atom stereocenters. The molecule has 0 aromatic carbocycles. The van der Waals surface area contributed by atoms with Gasteiger partial charge < -0.3 is 9.47 Å². The van der Waals surface area contributed by atoms with Crippen LogP contribution in [0, 0.1) is 0 Å². The van der Waals surface area contributed by atoms with Crippen LogP contribution in [0.15, 0.2) is 0 Å². The van der Waals surface area contributed by atoms with Gasteiger partial charge in [-0.05, 0) is 13.8 Å². The highest BCUT2D eigenvalue weighted by atomic mass is 19.3. The lowest BCUT2D eigenvalue weighted by atomic mass is 10.3. The molecular weight excluding hydrogens is 194 g/mol. The van der Waals surface area contributed by atoms with Crippen molar-refractivity contribution in [1.29, 1.82) is 0 Å². The maximum Gasteiger partial charge on any atom is 0.261 e. The Morgan fingerprint density at radius 1 is 1.36 bits per heavy atom. The van der Waals surface area contributed by atoms with Gasteiger partial charge in [0, 0.05) is 6.42 Å². The van der Waals surface area contributed by atoms with Gasteiger partial charge in [-0.25, -0.2) is 8.78 Å². The first kappa shape index (κ1) is 13.4. The summed E-state index contributed by atoms with van der Waals surface area (Å²) in [6, 6.07) is 0. The standard InChI is InChI=1S/C9H16F2O3/c1-7(2)14-5-8(12)3-4-13-6-9(10)11/h7,9H,3-6H2,1-2H3. The van der Waals surface area contributed by atoms with Crippen molar-refractivity contribution in [2.24, 2.45) is 0 Å². The van der Waals surface area contributed by atoms with E-state index in [1.165, 1.54) is 0 Å². The first-order valence-corrected chi connectivity index (χ1v) is 4.51. The van der Waals surface area contributed by atoms with Gasteiger partial charge in [-0.1, -0.05) is 0 Å². The molecule has 0 saturated heterocycles. The number of Topliss-reactive ketones (excluding diaryl/α,β-unsaturated/α-hetero) is 1. The van der Waals surface area contributed by atoms with E-state index in [-0.39, 0.29) is 31.5 Å². The average molecular weight is 210 g/mol. The maximum absolute atomic E-state index is 11.6. The Kier molecular flexibility index (Phi) is 7.51. The molecule has 3 nitrogen and oxygen atoms in total. The summed E-state index contributed by atoms with van der Waals surface area (Å²) in [4.78, 5) is 11.0. The second kappa shape index (κ2) is 7.82. The number of carbonyl (C=O) groups is 1. The van der Waals surface area contributed by atoms with Crippen LogP contribution in [0.2, 0.25) is 0 Å². The third kappa shape index (κ3) is 9.54. The van der Waals surface area contributed by atoms with E-state index in [1.54, 1.807) is 0 Å². The minimum atomic E-state index is -2.47. The molecule has 0 fully saturated rings. The fraction of sp³-hybridized carbons (Fsp3) is 0.889. The van der Waals surface area contributed by atoms with Crippen LogP contribution in [-0.2, 0) is 14.3 Å². The Hall–Kier alpha value is -0.550. The monoisotopic (exact) mass is 210 g/mol. The SMILES string of the molecule is CC(C)OCC(=O)CCOCC(F)F. The summed E-state index contributed by atoms with van der Waals surface area (Å²) < 4.78 is 32.7. The quantitative estimate of drug-likeness (QED) is 0.571. The van der Waals surface area contributed by atoms with Gasteiger partial charge in [-0.3, -0.25) is 4.79 Å². The average Bonchev–Trinajstić information content (AvgIpc) is 2.08. The molecule has 0 aliphatic rings. The Bertz CT molecular complexity index is 160. The molecule has 0 amide bonds. The van der Waals surface area contributed by atoms with Crippen LogP contribution in [0.4, 0.5) is 8.78 Å². The third-order valence-corrected chi connectivity index (χ3v) is 1.35. The summed E-state index contributed by atoms with van der Waals surface area (Å²) >= 11 is 0. The minimum Gasteiger partial charge on any atom is -0.375 e. The van der Waals surface area contributed by atoms with Crippen LogP contribution in [0.1, 0.15) is 20.3 Å². The van der Waals surface area contributed by atoms with Crippen molar-refractivity contribution in [1.82, 2.24) is 0 Å². The van der Waals surface area contributed by atoms with Crippen molar-refractivity contribution in [2.45, 2.75) is 32.8 Å². The topological polar surface area (TPSA) is 35.5 Å². The third-order valence-electron chi connectivity index (χ3n) is 1.35.